The van der Waals surface area contributed by atoms with Crippen molar-refractivity contribution in [1.29, 1.82) is 0 Å². The van der Waals surface area contributed by atoms with E-state index in [-0.39, 0.29) is 18.6 Å². The largest absolute Gasteiger partial charge is 0.481 e. The van der Waals surface area contributed by atoms with Gasteiger partial charge in [0.05, 0.1) is 10.0 Å². The molecule has 6 heteroatoms. The Labute approximate surface area is 151 Å². The third kappa shape index (κ3) is 4.01. The summed E-state index contributed by atoms with van der Waals surface area (Å²) in [5.41, 5.74) is 2.56. The van der Waals surface area contributed by atoms with Gasteiger partial charge in [-0.05, 0) is 36.2 Å². The second-order valence-corrected chi connectivity index (χ2v) is 6.41. The van der Waals surface area contributed by atoms with Crippen molar-refractivity contribution in [3.05, 3.63) is 63.6 Å². The van der Waals surface area contributed by atoms with Crippen LogP contribution in [0.2, 0.25) is 10.0 Å². The highest BCUT2D eigenvalue weighted by Gasteiger charge is 2.19. The van der Waals surface area contributed by atoms with Gasteiger partial charge >= 0.3 is 0 Å². The van der Waals surface area contributed by atoms with Gasteiger partial charge in [-0.3, -0.25) is 4.79 Å². The number of nitrogens with one attached hydrogen (secondary N) is 2. The zero-order chi connectivity index (χ0) is 16.9. The summed E-state index contributed by atoms with van der Waals surface area (Å²) in [4.78, 5) is 12.0. The summed E-state index contributed by atoms with van der Waals surface area (Å²) in [6, 6.07) is 13.5. The van der Waals surface area contributed by atoms with Crippen molar-refractivity contribution in [2.45, 2.75) is 12.5 Å². The van der Waals surface area contributed by atoms with Crippen LogP contribution in [0, 0.1) is 0 Å². The summed E-state index contributed by atoms with van der Waals surface area (Å²) in [6.07, 6.45) is 1.01. The summed E-state index contributed by atoms with van der Waals surface area (Å²) >= 11 is 12.0. The lowest BCUT2D eigenvalue weighted by Gasteiger charge is -2.27. The quantitative estimate of drug-likeness (QED) is 0.854. The lowest BCUT2D eigenvalue weighted by molar-refractivity contribution is -0.123. The second kappa shape index (κ2) is 7.88. The van der Waals surface area contributed by atoms with Crippen molar-refractivity contribution in [3.63, 3.8) is 0 Å². The number of amides is 1. The Hall–Kier alpha value is -1.75. The first kappa shape index (κ1) is 17.1. The monoisotopic (exact) mass is 364 g/mol. The molecule has 0 aliphatic carbocycles. The highest BCUT2D eigenvalue weighted by Crippen LogP contribution is 2.32. The SMILES string of the molecule is O=C(COc1c(Cl)cccc1Cl)NCC1NCCc2ccccc21. The van der Waals surface area contributed by atoms with E-state index in [1.165, 1.54) is 11.1 Å². The van der Waals surface area contributed by atoms with Crippen LogP contribution in [0.1, 0.15) is 17.2 Å². The second-order valence-electron chi connectivity index (χ2n) is 5.60. The van der Waals surface area contributed by atoms with Crippen LogP contribution < -0.4 is 15.4 Å². The van der Waals surface area contributed by atoms with Crippen molar-refractivity contribution in [3.8, 4) is 5.75 Å². The first-order valence-corrected chi connectivity index (χ1v) is 8.55. The molecule has 1 atom stereocenters. The summed E-state index contributed by atoms with van der Waals surface area (Å²) in [5.74, 6) is 0.118. The van der Waals surface area contributed by atoms with Crippen molar-refractivity contribution < 1.29 is 9.53 Å². The number of carbonyl (C=O) groups excluding carboxylic acids is 1. The fourth-order valence-electron chi connectivity index (χ4n) is 2.80. The van der Waals surface area contributed by atoms with Crippen LogP contribution in [0.5, 0.6) is 5.75 Å². The Balaban J connectivity index is 1.53. The van der Waals surface area contributed by atoms with Gasteiger partial charge < -0.3 is 15.4 Å². The zero-order valence-electron chi connectivity index (χ0n) is 13.0. The molecule has 1 aliphatic heterocycles. The maximum atomic E-state index is 12.0. The van der Waals surface area contributed by atoms with Crippen LogP contribution in [-0.2, 0) is 11.2 Å². The molecule has 1 amide bonds. The van der Waals surface area contributed by atoms with Gasteiger partial charge in [-0.15, -0.1) is 0 Å². The van der Waals surface area contributed by atoms with Gasteiger partial charge in [-0.25, -0.2) is 0 Å². The molecule has 2 aromatic rings. The molecular formula is C18H18Cl2N2O2. The molecule has 1 heterocycles. The predicted octanol–water partition coefficient (Wildman–Crippen LogP) is 3.38. The van der Waals surface area contributed by atoms with Crippen molar-refractivity contribution >= 4 is 29.1 Å². The fraction of sp³-hybridized carbons (Fsp3) is 0.278. The van der Waals surface area contributed by atoms with E-state index < -0.39 is 0 Å². The summed E-state index contributed by atoms with van der Waals surface area (Å²) < 4.78 is 5.44. The van der Waals surface area contributed by atoms with Crippen molar-refractivity contribution in [2.24, 2.45) is 0 Å². The van der Waals surface area contributed by atoms with Crippen LogP contribution >= 0.6 is 23.2 Å². The lowest BCUT2D eigenvalue weighted by atomic mass is 9.94. The van der Waals surface area contributed by atoms with E-state index in [0.717, 1.165) is 13.0 Å². The molecule has 1 aliphatic rings. The number of carbonyl (C=O) groups is 1. The first-order valence-electron chi connectivity index (χ1n) is 7.80. The van der Waals surface area contributed by atoms with Crippen molar-refractivity contribution in [1.82, 2.24) is 10.6 Å². The number of rotatable bonds is 5. The fourth-order valence-corrected chi connectivity index (χ4v) is 3.31. The third-order valence-corrected chi connectivity index (χ3v) is 4.58. The molecule has 1 unspecified atom stereocenters. The molecule has 0 spiro atoms. The minimum absolute atomic E-state index is 0.114. The van der Waals surface area contributed by atoms with Crippen molar-refractivity contribution in [2.75, 3.05) is 19.7 Å². The Morgan fingerprint density at radius 3 is 2.71 bits per heavy atom. The molecule has 0 fully saturated rings. The number of halogens is 2. The Morgan fingerprint density at radius 2 is 1.92 bits per heavy atom. The molecule has 0 saturated carbocycles. The third-order valence-electron chi connectivity index (χ3n) is 3.99. The van der Waals surface area contributed by atoms with Gasteiger partial charge in [-0.1, -0.05) is 53.5 Å². The maximum absolute atomic E-state index is 12.0. The highest BCUT2D eigenvalue weighted by molar-refractivity contribution is 6.37. The Morgan fingerprint density at radius 1 is 1.17 bits per heavy atom. The minimum atomic E-state index is -0.212. The normalized spacial score (nSPS) is 16.3. The number of ether oxygens (including phenoxy) is 1. The summed E-state index contributed by atoms with van der Waals surface area (Å²) in [7, 11) is 0. The number of para-hydroxylation sites is 1. The number of hydrogen-bond donors (Lipinski definition) is 2. The maximum Gasteiger partial charge on any atom is 0.258 e. The summed E-state index contributed by atoms with van der Waals surface area (Å²) in [6.45, 7) is 1.29. The van der Waals surface area contributed by atoms with E-state index in [2.05, 4.69) is 22.8 Å². The number of fused-ring (bicyclic) bond motifs is 1. The van der Waals surface area contributed by atoms with Gasteiger partial charge in [0.2, 0.25) is 0 Å². The van der Waals surface area contributed by atoms with Crippen LogP contribution in [0.15, 0.2) is 42.5 Å². The van der Waals surface area contributed by atoms with E-state index in [0.29, 0.717) is 22.3 Å². The lowest BCUT2D eigenvalue weighted by Crippen LogP contribution is -2.40. The smallest absolute Gasteiger partial charge is 0.258 e. The predicted molar refractivity (Wildman–Crippen MR) is 95.9 cm³/mol. The standard InChI is InChI=1S/C18H18Cl2N2O2/c19-14-6-3-7-15(20)18(14)24-11-17(23)22-10-16-13-5-2-1-4-12(13)8-9-21-16/h1-7,16,21H,8-11H2,(H,22,23). The molecule has 0 saturated heterocycles. The average Bonchev–Trinajstić information content (AvgIpc) is 2.59. The van der Waals surface area contributed by atoms with Gasteiger partial charge in [-0.2, -0.15) is 0 Å². The molecule has 3 rings (SSSR count). The van der Waals surface area contributed by atoms with Crippen LogP contribution in [0.4, 0.5) is 0 Å². The Kier molecular flexibility index (Phi) is 5.61. The number of benzene rings is 2. The average molecular weight is 365 g/mol. The van der Waals surface area contributed by atoms with Crippen LogP contribution in [0.3, 0.4) is 0 Å². The molecule has 126 valence electrons. The van der Waals surface area contributed by atoms with Crippen LogP contribution in [0.25, 0.3) is 0 Å². The minimum Gasteiger partial charge on any atom is -0.481 e. The van der Waals surface area contributed by atoms with E-state index in [9.17, 15) is 4.79 Å². The van der Waals surface area contributed by atoms with E-state index in [4.69, 9.17) is 27.9 Å². The van der Waals surface area contributed by atoms with Crippen LogP contribution in [-0.4, -0.2) is 25.6 Å². The molecule has 4 nitrogen and oxygen atoms in total. The van der Waals surface area contributed by atoms with Gasteiger partial charge in [0, 0.05) is 12.6 Å². The molecule has 2 aromatic carbocycles. The first-order chi connectivity index (χ1) is 11.6. The topological polar surface area (TPSA) is 50.4 Å². The molecule has 24 heavy (non-hydrogen) atoms. The molecule has 2 N–H and O–H groups in total. The Bertz CT molecular complexity index is 716. The van der Waals surface area contributed by atoms with Gasteiger partial charge in [0.25, 0.3) is 5.91 Å². The van der Waals surface area contributed by atoms with E-state index in [1.807, 2.05) is 12.1 Å². The molecule has 0 bridgehead atoms. The number of hydrogen-bond acceptors (Lipinski definition) is 3. The molecule has 0 radical (unpaired) electrons. The van der Waals surface area contributed by atoms with E-state index in [1.54, 1.807) is 18.2 Å². The van der Waals surface area contributed by atoms with Gasteiger partial charge in [0.15, 0.2) is 12.4 Å². The summed E-state index contributed by atoms with van der Waals surface area (Å²) in [5, 5.41) is 7.09. The zero-order valence-corrected chi connectivity index (χ0v) is 14.5. The molecular weight excluding hydrogens is 347 g/mol. The van der Waals surface area contributed by atoms with E-state index >= 15 is 0 Å². The highest BCUT2D eigenvalue weighted by atomic mass is 35.5. The van der Waals surface area contributed by atoms with Gasteiger partial charge in [0.1, 0.15) is 0 Å². The molecule has 0 aromatic heterocycles.